The molecule has 0 radical (unpaired) electrons. The van der Waals surface area contributed by atoms with Crippen LogP contribution in [0.15, 0.2) is 65.7 Å². The molecule has 1 heterocycles. The van der Waals surface area contributed by atoms with Crippen molar-refractivity contribution >= 4 is 10.0 Å². The molecule has 5 nitrogen and oxygen atoms in total. The highest BCUT2D eigenvalue weighted by molar-refractivity contribution is 7.89. The summed E-state index contributed by atoms with van der Waals surface area (Å²) in [6.07, 6.45) is 1.70. The van der Waals surface area contributed by atoms with Crippen molar-refractivity contribution in [3.8, 4) is 5.69 Å². The third-order valence-electron chi connectivity index (χ3n) is 3.25. The average molecular weight is 349 g/mol. The van der Waals surface area contributed by atoms with Gasteiger partial charge in [-0.05, 0) is 30.3 Å². The van der Waals surface area contributed by atoms with E-state index in [1.165, 1.54) is 0 Å². The van der Waals surface area contributed by atoms with Gasteiger partial charge in [0.15, 0.2) is 0 Å². The summed E-state index contributed by atoms with van der Waals surface area (Å²) in [5, 5.41) is 4.25. The normalized spacial score (nSPS) is 11.6. The lowest BCUT2D eigenvalue weighted by molar-refractivity contribution is 0.560. The quantitative estimate of drug-likeness (QED) is 0.770. The van der Waals surface area contributed by atoms with Crippen molar-refractivity contribution in [2.45, 2.75) is 11.4 Å². The second-order valence-electron chi connectivity index (χ2n) is 5.02. The Balaban J connectivity index is 1.75. The molecule has 2 aromatic carbocycles. The predicted octanol–water partition coefficient (Wildman–Crippen LogP) is 2.63. The number of aromatic nitrogens is 2. The van der Waals surface area contributed by atoms with Crippen molar-refractivity contribution in [2.24, 2.45) is 0 Å². The molecule has 0 amide bonds. The van der Waals surface area contributed by atoms with E-state index in [-0.39, 0.29) is 6.54 Å². The van der Waals surface area contributed by atoms with Gasteiger partial charge in [-0.3, -0.25) is 0 Å². The highest BCUT2D eigenvalue weighted by Crippen LogP contribution is 2.14. The number of halogens is 2. The maximum Gasteiger partial charge on any atom is 0.241 e. The summed E-state index contributed by atoms with van der Waals surface area (Å²) in [5.41, 5.74) is 1.30. The van der Waals surface area contributed by atoms with E-state index in [0.717, 1.165) is 17.8 Å². The minimum absolute atomic E-state index is 0.0969. The van der Waals surface area contributed by atoms with Crippen LogP contribution in [0.4, 0.5) is 8.78 Å². The van der Waals surface area contributed by atoms with E-state index >= 15 is 0 Å². The Morgan fingerprint density at radius 3 is 2.33 bits per heavy atom. The van der Waals surface area contributed by atoms with Gasteiger partial charge in [-0.1, -0.05) is 18.2 Å². The van der Waals surface area contributed by atoms with Crippen molar-refractivity contribution in [2.75, 3.05) is 0 Å². The molecule has 0 saturated heterocycles. The van der Waals surface area contributed by atoms with Crippen LogP contribution in [0.5, 0.6) is 0 Å². The molecule has 0 aliphatic carbocycles. The van der Waals surface area contributed by atoms with Crippen LogP contribution in [-0.2, 0) is 16.6 Å². The fourth-order valence-electron chi connectivity index (χ4n) is 2.12. The first kappa shape index (κ1) is 16.3. The van der Waals surface area contributed by atoms with Crippen LogP contribution in [0.1, 0.15) is 5.69 Å². The molecule has 0 aliphatic rings. The number of nitrogens with one attached hydrogen (secondary N) is 1. The van der Waals surface area contributed by atoms with Crippen molar-refractivity contribution < 1.29 is 17.2 Å². The van der Waals surface area contributed by atoms with Crippen molar-refractivity contribution in [1.29, 1.82) is 0 Å². The van der Waals surface area contributed by atoms with Gasteiger partial charge in [-0.15, -0.1) is 0 Å². The van der Waals surface area contributed by atoms with Crippen molar-refractivity contribution in [3.63, 3.8) is 0 Å². The van der Waals surface area contributed by atoms with Crippen LogP contribution in [0.2, 0.25) is 0 Å². The Kier molecular flexibility index (Phi) is 4.41. The highest BCUT2D eigenvalue weighted by Gasteiger charge is 2.16. The first-order chi connectivity index (χ1) is 11.4. The minimum atomic E-state index is -4.04. The second-order valence-corrected chi connectivity index (χ2v) is 6.78. The molecule has 8 heteroatoms. The summed E-state index contributed by atoms with van der Waals surface area (Å²) in [5.74, 6) is -1.91. The van der Waals surface area contributed by atoms with E-state index in [9.17, 15) is 17.2 Å². The minimum Gasteiger partial charge on any atom is -0.241 e. The molecule has 3 aromatic rings. The van der Waals surface area contributed by atoms with Gasteiger partial charge in [0.25, 0.3) is 0 Å². The monoisotopic (exact) mass is 349 g/mol. The second kappa shape index (κ2) is 6.50. The average Bonchev–Trinajstić information content (AvgIpc) is 3.02. The van der Waals surface area contributed by atoms with E-state index in [1.807, 2.05) is 30.3 Å². The fraction of sp³-hybridized carbons (Fsp3) is 0.0625. The van der Waals surface area contributed by atoms with E-state index < -0.39 is 26.6 Å². The number of hydrogen-bond acceptors (Lipinski definition) is 3. The Labute approximate surface area is 137 Å². The van der Waals surface area contributed by atoms with Crippen LogP contribution in [0.25, 0.3) is 5.69 Å². The van der Waals surface area contributed by atoms with Gasteiger partial charge in [0, 0.05) is 12.3 Å². The van der Waals surface area contributed by atoms with Crippen LogP contribution in [-0.4, -0.2) is 18.2 Å². The van der Waals surface area contributed by atoms with Gasteiger partial charge < -0.3 is 0 Å². The summed E-state index contributed by atoms with van der Waals surface area (Å²) in [6, 6.07) is 13.1. The number of hydrogen-bond donors (Lipinski definition) is 1. The first-order valence-corrected chi connectivity index (χ1v) is 8.48. The summed E-state index contributed by atoms with van der Waals surface area (Å²) >= 11 is 0. The van der Waals surface area contributed by atoms with Crippen LogP contribution in [0.3, 0.4) is 0 Å². The lowest BCUT2D eigenvalue weighted by Crippen LogP contribution is -2.23. The Morgan fingerprint density at radius 1 is 1.00 bits per heavy atom. The molecule has 1 aromatic heterocycles. The zero-order chi connectivity index (χ0) is 17.2. The third-order valence-corrected chi connectivity index (χ3v) is 4.64. The van der Waals surface area contributed by atoms with Crippen LogP contribution < -0.4 is 4.72 Å². The third kappa shape index (κ3) is 3.66. The summed E-state index contributed by atoms with van der Waals surface area (Å²) in [4.78, 5) is -0.470. The molecule has 0 saturated carbocycles. The number of benzene rings is 2. The number of sulfonamides is 1. The molecule has 1 N–H and O–H groups in total. The summed E-state index contributed by atoms with van der Waals surface area (Å²) in [7, 11) is -4.04. The van der Waals surface area contributed by atoms with E-state index in [0.29, 0.717) is 11.8 Å². The molecule has 0 fully saturated rings. The maximum absolute atomic E-state index is 13.2. The molecular weight excluding hydrogens is 336 g/mol. The topological polar surface area (TPSA) is 64.0 Å². The zero-order valence-corrected chi connectivity index (χ0v) is 13.2. The van der Waals surface area contributed by atoms with Gasteiger partial charge in [0.2, 0.25) is 10.0 Å². The summed E-state index contributed by atoms with van der Waals surface area (Å²) < 4.78 is 54.4. The van der Waals surface area contributed by atoms with E-state index in [4.69, 9.17) is 0 Å². The zero-order valence-electron chi connectivity index (χ0n) is 12.4. The smallest absolute Gasteiger partial charge is 0.241 e. The fourth-order valence-corrected chi connectivity index (χ4v) is 3.16. The van der Waals surface area contributed by atoms with Crippen molar-refractivity contribution in [1.82, 2.24) is 14.5 Å². The van der Waals surface area contributed by atoms with Gasteiger partial charge in [-0.2, -0.15) is 5.10 Å². The predicted molar refractivity (Wildman–Crippen MR) is 83.9 cm³/mol. The SMILES string of the molecule is O=S(=O)(NCc1ccn(-c2ccccc2)n1)c1cc(F)cc(F)c1. The number of para-hydroxylation sites is 1. The lowest BCUT2D eigenvalue weighted by Gasteiger charge is -2.06. The molecule has 0 atom stereocenters. The van der Waals surface area contributed by atoms with Crippen molar-refractivity contribution in [3.05, 3.63) is 78.1 Å². The van der Waals surface area contributed by atoms with Gasteiger partial charge in [-0.25, -0.2) is 26.6 Å². The lowest BCUT2D eigenvalue weighted by atomic mass is 10.3. The number of rotatable bonds is 5. The van der Waals surface area contributed by atoms with E-state index in [1.54, 1.807) is 16.9 Å². The van der Waals surface area contributed by atoms with Gasteiger partial charge in [0.05, 0.1) is 22.8 Å². The maximum atomic E-state index is 13.2. The van der Waals surface area contributed by atoms with Crippen LogP contribution in [0, 0.1) is 11.6 Å². The molecule has 124 valence electrons. The molecule has 0 unspecified atom stereocenters. The number of nitrogens with zero attached hydrogens (tertiary/aromatic N) is 2. The first-order valence-electron chi connectivity index (χ1n) is 7.00. The standard InChI is InChI=1S/C16H13F2N3O2S/c17-12-8-13(18)10-16(9-12)24(22,23)19-11-14-6-7-21(20-14)15-4-2-1-3-5-15/h1-10,19H,11H2. The Bertz CT molecular complexity index is 936. The highest BCUT2D eigenvalue weighted by atomic mass is 32.2. The molecule has 0 aliphatic heterocycles. The Hall–Kier alpha value is -2.58. The van der Waals surface area contributed by atoms with E-state index in [2.05, 4.69) is 9.82 Å². The molecule has 24 heavy (non-hydrogen) atoms. The molecule has 0 bridgehead atoms. The molecule has 3 rings (SSSR count). The molecular formula is C16H13F2N3O2S. The van der Waals surface area contributed by atoms with Crippen LogP contribution >= 0.6 is 0 Å². The summed E-state index contributed by atoms with van der Waals surface area (Å²) in [6.45, 7) is -0.0969. The molecule has 0 spiro atoms. The largest absolute Gasteiger partial charge is 0.241 e. The van der Waals surface area contributed by atoms with Gasteiger partial charge >= 0.3 is 0 Å². The van der Waals surface area contributed by atoms with Gasteiger partial charge in [0.1, 0.15) is 11.6 Å². The Morgan fingerprint density at radius 2 is 1.67 bits per heavy atom.